The molecule has 1 fully saturated rings. The number of likely N-dealkylation sites (tertiary alicyclic amines) is 1. The molecule has 0 aromatic rings. The van der Waals surface area contributed by atoms with E-state index in [2.05, 4.69) is 5.32 Å². The van der Waals surface area contributed by atoms with Gasteiger partial charge >= 0.3 is 12.1 Å². The normalized spacial score (nSPS) is 23.1. The third-order valence-corrected chi connectivity index (χ3v) is 2.86. The molecule has 1 atom stereocenters. The SMILES string of the molecule is CC(=O)N1CC[C@](NC(=O)OC(C)(C)C)(C(=O)O)C1. The molecule has 0 radical (unpaired) electrons. The van der Waals surface area contributed by atoms with Gasteiger partial charge in [0, 0.05) is 19.9 Å². The van der Waals surface area contributed by atoms with Crippen molar-refractivity contribution in [3.05, 3.63) is 0 Å². The molecule has 0 spiro atoms. The van der Waals surface area contributed by atoms with Gasteiger partial charge in [-0.05, 0) is 20.8 Å². The number of carboxylic acid groups (broad SMARTS) is 1. The van der Waals surface area contributed by atoms with E-state index in [4.69, 9.17) is 4.74 Å². The summed E-state index contributed by atoms with van der Waals surface area (Å²) in [5.41, 5.74) is -2.17. The zero-order valence-electron chi connectivity index (χ0n) is 11.6. The molecule has 7 heteroatoms. The van der Waals surface area contributed by atoms with Crippen LogP contribution >= 0.6 is 0 Å². The second-order valence-corrected chi connectivity index (χ2v) is 5.70. The summed E-state index contributed by atoms with van der Waals surface area (Å²) >= 11 is 0. The Balaban J connectivity index is 2.78. The average Bonchev–Trinajstić information content (AvgIpc) is 2.60. The van der Waals surface area contributed by atoms with E-state index in [0.717, 1.165) is 0 Å². The lowest BCUT2D eigenvalue weighted by Crippen LogP contribution is -2.57. The summed E-state index contributed by atoms with van der Waals surface area (Å²) in [6, 6.07) is 0. The van der Waals surface area contributed by atoms with Gasteiger partial charge < -0.3 is 20.1 Å². The van der Waals surface area contributed by atoms with Gasteiger partial charge in [0.05, 0.1) is 6.54 Å². The van der Waals surface area contributed by atoms with Crippen molar-refractivity contribution in [2.45, 2.75) is 45.3 Å². The van der Waals surface area contributed by atoms with E-state index >= 15 is 0 Å². The number of hydrogen-bond acceptors (Lipinski definition) is 4. The van der Waals surface area contributed by atoms with E-state index in [-0.39, 0.29) is 18.9 Å². The van der Waals surface area contributed by atoms with Crippen LogP contribution in [0.3, 0.4) is 0 Å². The highest BCUT2D eigenvalue weighted by Gasteiger charge is 2.47. The largest absolute Gasteiger partial charge is 0.479 e. The van der Waals surface area contributed by atoms with Gasteiger partial charge in [-0.3, -0.25) is 4.79 Å². The maximum Gasteiger partial charge on any atom is 0.408 e. The molecule has 0 saturated carbocycles. The first-order valence-corrected chi connectivity index (χ1v) is 6.06. The molecule has 1 saturated heterocycles. The number of amides is 2. The first-order valence-electron chi connectivity index (χ1n) is 6.06. The fraction of sp³-hybridized carbons (Fsp3) is 0.750. The minimum absolute atomic E-state index is 0.0447. The highest BCUT2D eigenvalue weighted by atomic mass is 16.6. The van der Waals surface area contributed by atoms with Crippen LogP contribution in [0.5, 0.6) is 0 Å². The van der Waals surface area contributed by atoms with Gasteiger partial charge in [0.2, 0.25) is 5.91 Å². The second kappa shape index (κ2) is 5.07. The molecule has 2 amide bonds. The molecule has 19 heavy (non-hydrogen) atoms. The van der Waals surface area contributed by atoms with Crippen molar-refractivity contribution >= 4 is 18.0 Å². The second-order valence-electron chi connectivity index (χ2n) is 5.70. The van der Waals surface area contributed by atoms with Crippen molar-refractivity contribution in [1.29, 1.82) is 0 Å². The highest BCUT2D eigenvalue weighted by Crippen LogP contribution is 2.22. The lowest BCUT2D eigenvalue weighted by atomic mass is 9.99. The van der Waals surface area contributed by atoms with Crippen LogP contribution in [0.25, 0.3) is 0 Å². The summed E-state index contributed by atoms with van der Waals surface area (Å²) in [5.74, 6) is -1.38. The highest BCUT2D eigenvalue weighted by molar-refractivity contribution is 5.86. The molecule has 7 nitrogen and oxygen atoms in total. The summed E-state index contributed by atoms with van der Waals surface area (Å²) in [6.07, 6.45) is -0.624. The number of aliphatic carboxylic acids is 1. The van der Waals surface area contributed by atoms with Gasteiger partial charge in [0.15, 0.2) is 5.54 Å². The Morgan fingerprint density at radius 1 is 1.32 bits per heavy atom. The summed E-state index contributed by atoms with van der Waals surface area (Å²) < 4.78 is 5.05. The smallest absolute Gasteiger partial charge is 0.408 e. The van der Waals surface area contributed by atoms with E-state index in [1.165, 1.54) is 11.8 Å². The van der Waals surface area contributed by atoms with Gasteiger partial charge in [-0.25, -0.2) is 9.59 Å². The summed E-state index contributed by atoms with van der Waals surface area (Å²) in [5, 5.41) is 11.7. The summed E-state index contributed by atoms with van der Waals surface area (Å²) in [7, 11) is 0. The molecular formula is C12H20N2O5. The molecule has 0 aromatic heterocycles. The standard InChI is InChI=1S/C12H20N2O5/c1-8(15)14-6-5-12(7-14,9(16)17)13-10(18)19-11(2,3)4/h5-7H2,1-4H3,(H,13,18)(H,16,17)/t12-/m1/s1. The first kappa shape index (κ1) is 15.3. The van der Waals surface area contributed by atoms with Crippen LogP contribution in [0.15, 0.2) is 0 Å². The Morgan fingerprint density at radius 3 is 2.26 bits per heavy atom. The minimum atomic E-state index is -1.46. The Labute approximate surface area is 111 Å². The van der Waals surface area contributed by atoms with Crippen LogP contribution in [0.4, 0.5) is 4.79 Å². The van der Waals surface area contributed by atoms with E-state index < -0.39 is 23.2 Å². The maximum atomic E-state index is 11.7. The van der Waals surface area contributed by atoms with Crippen LogP contribution < -0.4 is 5.32 Å². The number of alkyl carbamates (subject to hydrolysis) is 1. The number of carboxylic acids is 1. The van der Waals surface area contributed by atoms with Gasteiger partial charge in [-0.1, -0.05) is 0 Å². The third-order valence-electron chi connectivity index (χ3n) is 2.86. The number of nitrogens with zero attached hydrogens (tertiary/aromatic N) is 1. The van der Waals surface area contributed by atoms with Gasteiger partial charge in [0.25, 0.3) is 0 Å². The number of rotatable bonds is 2. The van der Waals surface area contributed by atoms with Crippen LogP contribution in [-0.2, 0) is 14.3 Å². The minimum Gasteiger partial charge on any atom is -0.479 e. The molecule has 108 valence electrons. The van der Waals surface area contributed by atoms with E-state index in [1.54, 1.807) is 20.8 Å². The maximum absolute atomic E-state index is 11.7. The quantitative estimate of drug-likeness (QED) is 0.767. The van der Waals surface area contributed by atoms with Crippen LogP contribution in [0.2, 0.25) is 0 Å². The topological polar surface area (TPSA) is 95.9 Å². The Morgan fingerprint density at radius 2 is 1.89 bits per heavy atom. The van der Waals surface area contributed by atoms with Gasteiger partial charge in [-0.15, -0.1) is 0 Å². The molecule has 2 N–H and O–H groups in total. The zero-order chi connectivity index (χ0) is 14.8. The van der Waals surface area contributed by atoms with E-state index in [0.29, 0.717) is 6.54 Å². The summed E-state index contributed by atoms with van der Waals surface area (Å²) in [4.78, 5) is 35.7. The molecule has 0 unspecified atom stereocenters. The van der Waals surface area contributed by atoms with Crippen molar-refractivity contribution in [3.63, 3.8) is 0 Å². The third kappa shape index (κ3) is 3.84. The predicted octanol–water partition coefficient (Wildman–Crippen LogP) is 0.587. The molecule has 1 aliphatic heterocycles. The Kier molecular flexibility index (Phi) is 4.07. The van der Waals surface area contributed by atoms with Crippen LogP contribution in [-0.4, -0.2) is 52.2 Å². The van der Waals surface area contributed by atoms with E-state index in [1.807, 2.05) is 0 Å². The lowest BCUT2D eigenvalue weighted by molar-refractivity contribution is -0.144. The van der Waals surface area contributed by atoms with Crippen molar-refractivity contribution in [3.8, 4) is 0 Å². The lowest BCUT2D eigenvalue weighted by Gasteiger charge is -2.28. The van der Waals surface area contributed by atoms with Crippen molar-refractivity contribution in [2.24, 2.45) is 0 Å². The summed E-state index contributed by atoms with van der Waals surface area (Å²) in [6.45, 7) is 6.70. The predicted molar refractivity (Wildman–Crippen MR) is 66.6 cm³/mol. The number of carbonyl (C=O) groups is 3. The van der Waals surface area contributed by atoms with Crippen LogP contribution in [0.1, 0.15) is 34.1 Å². The van der Waals surface area contributed by atoms with Crippen molar-refractivity contribution < 1.29 is 24.2 Å². The zero-order valence-corrected chi connectivity index (χ0v) is 11.6. The molecule has 1 aliphatic rings. The molecule has 1 heterocycles. The fourth-order valence-electron chi connectivity index (χ4n) is 1.91. The van der Waals surface area contributed by atoms with Gasteiger partial charge in [-0.2, -0.15) is 0 Å². The Hall–Kier alpha value is -1.79. The number of hydrogen-bond donors (Lipinski definition) is 2. The molecular weight excluding hydrogens is 252 g/mol. The monoisotopic (exact) mass is 272 g/mol. The van der Waals surface area contributed by atoms with Crippen LogP contribution in [0, 0.1) is 0 Å². The molecule has 0 aromatic carbocycles. The van der Waals surface area contributed by atoms with E-state index in [9.17, 15) is 19.5 Å². The van der Waals surface area contributed by atoms with Crippen molar-refractivity contribution in [1.82, 2.24) is 10.2 Å². The number of ether oxygens (including phenoxy) is 1. The number of carbonyl (C=O) groups excluding carboxylic acids is 2. The number of nitrogens with one attached hydrogen (secondary N) is 1. The molecule has 0 aliphatic carbocycles. The first-order chi connectivity index (χ1) is 8.56. The van der Waals surface area contributed by atoms with Gasteiger partial charge in [0.1, 0.15) is 5.60 Å². The average molecular weight is 272 g/mol. The Bertz CT molecular complexity index is 401. The van der Waals surface area contributed by atoms with Crippen molar-refractivity contribution in [2.75, 3.05) is 13.1 Å². The molecule has 0 bridgehead atoms. The molecule has 1 rings (SSSR count). The fourth-order valence-corrected chi connectivity index (χ4v) is 1.91.